The smallest absolute Gasteiger partial charge is 0.00268 e. The molecule has 0 amide bonds. The SMILES string of the molecule is Cc1ccc(-c2c3ccccc3cc3ccccc23)cc1. The van der Waals surface area contributed by atoms with E-state index < -0.39 is 0 Å². The van der Waals surface area contributed by atoms with Gasteiger partial charge in [-0.3, -0.25) is 0 Å². The van der Waals surface area contributed by atoms with Gasteiger partial charge < -0.3 is 0 Å². The summed E-state index contributed by atoms with van der Waals surface area (Å²) in [5, 5.41) is 5.23. The van der Waals surface area contributed by atoms with E-state index in [-0.39, 0.29) is 0 Å². The van der Waals surface area contributed by atoms with E-state index in [1.165, 1.54) is 38.2 Å². The molecule has 4 aromatic carbocycles. The summed E-state index contributed by atoms with van der Waals surface area (Å²) >= 11 is 0. The summed E-state index contributed by atoms with van der Waals surface area (Å²) in [6.07, 6.45) is 0. The van der Waals surface area contributed by atoms with Crippen molar-refractivity contribution < 1.29 is 0 Å². The molecule has 21 heavy (non-hydrogen) atoms. The van der Waals surface area contributed by atoms with Crippen LogP contribution in [0.2, 0.25) is 0 Å². The van der Waals surface area contributed by atoms with Crippen molar-refractivity contribution in [1.82, 2.24) is 0 Å². The Morgan fingerprint density at radius 3 is 1.67 bits per heavy atom. The van der Waals surface area contributed by atoms with Crippen LogP contribution in [0.25, 0.3) is 32.7 Å². The lowest BCUT2D eigenvalue weighted by Gasteiger charge is -2.12. The molecule has 0 N–H and O–H groups in total. The van der Waals surface area contributed by atoms with Gasteiger partial charge in [0.05, 0.1) is 0 Å². The first kappa shape index (κ1) is 12.2. The number of hydrogen-bond acceptors (Lipinski definition) is 0. The lowest BCUT2D eigenvalue weighted by atomic mass is 9.92. The van der Waals surface area contributed by atoms with E-state index in [0.29, 0.717) is 0 Å². The van der Waals surface area contributed by atoms with Gasteiger partial charge >= 0.3 is 0 Å². The molecule has 0 heteroatoms. The molecule has 100 valence electrons. The van der Waals surface area contributed by atoms with Crippen LogP contribution >= 0.6 is 0 Å². The molecular weight excluding hydrogens is 252 g/mol. The zero-order valence-electron chi connectivity index (χ0n) is 12.0. The van der Waals surface area contributed by atoms with Gasteiger partial charge in [-0.2, -0.15) is 0 Å². The highest BCUT2D eigenvalue weighted by Gasteiger charge is 2.09. The van der Waals surface area contributed by atoms with E-state index in [9.17, 15) is 0 Å². The maximum Gasteiger partial charge on any atom is -0.00268 e. The van der Waals surface area contributed by atoms with Crippen LogP contribution in [0.3, 0.4) is 0 Å². The van der Waals surface area contributed by atoms with Crippen molar-refractivity contribution in [3.05, 3.63) is 84.4 Å². The van der Waals surface area contributed by atoms with Gasteiger partial charge in [0.25, 0.3) is 0 Å². The molecule has 4 aromatic rings. The first-order valence-electron chi connectivity index (χ1n) is 7.30. The Hall–Kier alpha value is -2.60. The first-order valence-corrected chi connectivity index (χ1v) is 7.30. The molecule has 0 saturated carbocycles. The maximum absolute atomic E-state index is 2.28. The van der Waals surface area contributed by atoms with Crippen molar-refractivity contribution in [2.45, 2.75) is 6.92 Å². The molecule has 0 spiro atoms. The second-order valence-electron chi connectivity index (χ2n) is 5.56. The molecule has 0 bridgehead atoms. The molecule has 0 aromatic heterocycles. The third-order valence-electron chi connectivity index (χ3n) is 4.11. The summed E-state index contributed by atoms with van der Waals surface area (Å²) in [6, 6.07) is 28.4. The fourth-order valence-electron chi connectivity index (χ4n) is 3.04. The van der Waals surface area contributed by atoms with Crippen LogP contribution in [-0.4, -0.2) is 0 Å². The summed E-state index contributed by atoms with van der Waals surface area (Å²) in [5.41, 5.74) is 3.92. The predicted octanol–water partition coefficient (Wildman–Crippen LogP) is 5.97. The maximum atomic E-state index is 2.28. The van der Waals surface area contributed by atoms with Crippen molar-refractivity contribution in [3.8, 4) is 11.1 Å². The van der Waals surface area contributed by atoms with Crippen LogP contribution in [0.1, 0.15) is 5.56 Å². The topological polar surface area (TPSA) is 0 Å². The highest BCUT2D eigenvalue weighted by Crippen LogP contribution is 2.36. The lowest BCUT2D eigenvalue weighted by molar-refractivity contribution is 1.47. The Morgan fingerprint density at radius 1 is 0.571 bits per heavy atom. The first-order chi connectivity index (χ1) is 10.3. The van der Waals surface area contributed by atoms with Gasteiger partial charge in [-0.15, -0.1) is 0 Å². The molecule has 0 aliphatic heterocycles. The van der Waals surface area contributed by atoms with Gasteiger partial charge in [-0.25, -0.2) is 0 Å². The number of benzene rings is 4. The quantitative estimate of drug-likeness (QED) is 0.373. The van der Waals surface area contributed by atoms with E-state index in [0.717, 1.165) is 0 Å². The summed E-state index contributed by atoms with van der Waals surface area (Å²) in [6.45, 7) is 2.13. The highest BCUT2D eigenvalue weighted by atomic mass is 14.1. The molecule has 0 saturated heterocycles. The predicted molar refractivity (Wildman–Crippen MR) is 91.6 cm³/mol. The molecule has 0 atom stereocenters. The molecule has 4 rings (SSSR count). The largest absolute Gasteiger partial charge is 0.0616 e. The average Bonchev–Trinajstić information content (AvgIpc) is 2.53. The van der Waals surface area contributed by atoms with Crippen molar-refractivity contribution in [2.75, 3.05) is 0 Å². The molecule has 0 heterocycles. The van der Waals surface area contributed by atoms with Crippen molar-refractivity contribution in [2.24, 2.45) is 0 Å². The van der Waals surface area contributed by atoms with Crippen LogP contribution in [0.5, 0.6) is 0 Å². The van der Waals surface area contributed by atoms with Crippen LogP contribution in [0.15, 0.2) is 78.9 Å². The fraction of sp³-hybridized carbons (Fsp3) is 0.0476. The Kier molecular flexibility index (Phi) is 2.75. The molecule has 0 nitrogen and oxygen atoms in total. The van der Waals surface area contributed by atoms with E-state index in [1.54, 1.807) is 0 Å². The minimum absolute atomic E-state index is 1.29. The summed E-state index contributed by atoms with van der Waals surface area (Å²) in [7, 11) is 0. The molecular formula is C21H16. The monoisotopic (exact) mass is 268 g/mol. The number of aryl methyl sites for hydroxylation is 1. The van der Waals surface area contributed by atoms with E-state index >= 15 is 0 Å². The van der Waals surface area contributed by atoms with E-state index in [4.69, 9.17) is 0 Å². The highest BCUT2D eigenvalue weighted by molar-refractivity contribution is 6.12. The van der Waals surface area contributed by atoms with Crippen molar-refractivity contribution in [3.63, 3.8) is 0 Å². The van der Waals surface area contributed by atoms with E-state index in [1.807, 2.05) is 0 Å². The third kappa shape index (κ3) is 2.00. The minimum Gasteiger partial charge on any atom is -0.0616 e. The Morgan fingerprint density at radius 2 is 1.10 bits per heavy atom. The van der Waals surface area contributed by atoms with Crippen LogP contribution in [-0.2, 0) is 0 Å². The molecule has 0 aliphatic rings. The van der Waals surface area contributed by atoms with Crippen LogP contribution in [0, 0.1) is 6.92 Å². The van der Waals surface area contributed by atoms with Gasteiger partial charge in [0.1, 0.15) is 0 Å². The van der Waals surface area contributed by atoms with Crippen molar-refractivity contribution >= 4 is 21.5 Å². The lowest BCUT2D eigenvalue weighted by Crippen LogP contribution is -1.85. The standard InChI is InChI=1S/C21H16/c1-15-10-12-16(13-11-15)21-19-8-4-2-6-17(19)14-18-7-3-5-9-20(18)21/h2-14H,1H3. The molecule has 0 aliphatic carbocycles. The van der Waals surface area contributed by atoms with Gasteiger partial charge in [-0.05, 0) is 45.7 Å². The average molecular weight is 268 g/mol. The normalized spacial score (nSPS) is 11.1. The zero-order chi connectivity index (χ0) is 14.2. The van der Waals surface area contributed by atoms with Gasteiger partial charge in [0, 0.05) is 0 Å². The van der Waals surface area contributed by atoms with Gasteiger partial charge in [0.15, 0.2) is 0 Å². The fourth-order valence-corrected chi connectivity index (χ4v) is 3.04. The second kappa shape index (κ2) is 4.75. The Bertz CT molecular complexity index is 877. The molecule has 0 unspecified atom stereocenters. The minimum atomic E-state index is 1.29. The zero-order valence-corrected chi connectivity index (χ0v) is 12.0. The summed E-state index contributed by atoms with van der Waals surface area (Å²) in [5.74, 6) is 0. The number of fused-ring (bicyclic) bond motifs is 2. The van der Waals surface area contributed by atoms with Crippen LogP contribution in [0.4, 0.5) is 0 Å². The third-order valence-corrected chi connectivity index (χ3v) is 4.11. The summed E-state index contributed by atoms with van der Waals surface area (Å²) < 4.78 is 0. The van der Waals surface area contributed by atoms with E-state index in [2.05, 4.69) is 85.8 Å². The Balaban J connectivity index is 2.18. The van der Waals surface area contributed by atoms with Crippen molar-refractivity contribution in [1.29, 1.82) is 0 Å². The van der Waals surface area contributed by atoms with Crippen LogP contribution < -0.4 is 0 Å². The summed E-state index contributed by atoms with van der Waals surface area (Å²) in [4.78, 5) is 0. The number of hydrogen-bond donors (Lipinski definition) is 0. The van der Waals surface area contributed by atoms with Gasteiger partial charge in [0.2, 0.25) is 0 Å². The molecule has 0 radical (unpaired) electrons. The van der Waals surface area contributed by atoms with Gasteiger partial charge in [-0.1, -0.05) is 78.4 Å². The number of rotatable bonds is 1. The molecule has 0 fully saturated rings. The second-order valence-corrected chi connectivity index (χ2v) is 5.56. The Labute approximate surface area is 124 Å².